The number of hydrogen-bond acceptors (Lipinski definition) is 1. The van der Waals surface area contributed by atoms with Gasteiger partial charge in [0.15, 0.2) is 5.78 Å². The third-order valence-corrected chi connectivity index (χ3v) is 4.81. The molecule has 0 amide bonds. The molecule has 0 radical (unpaired) electrons. The van der Waals surface area contributed by atoms with E-state index in [0.29, 0.717) is 0 Å². The predicted molar refractivity (Wildman–Crippen MR) is 102 cm³/mol. The van der Waals surface area contributed by atoms with Crippen molar-refractivity contribution in [1.82, 2.24) is 0 Å². The highest BCUT2D eigenvalue weighted by Crippen LogP contribution is 2.43. The molecule has 1 nitrogen and oxygen atoms in total. The Hall–Kier alpha value is -2.15. The highest BCUT2D eigenvalue weighted by Gasteiger charge is 2.35. The third-order valence-electron chi connectivity index (χ3n) is 4.81. The van der Waals surface area contributed by atoms with Crippen LogP contribution in [-0.4, -0.2) is 5.78 Å². The van der Waals surface area contributed by atoms with Gasteiger partial charge in [0.05, 0.1) is 0 Å². The van der Waals surface area contributed by atoms with E-state index in [4.69, 9.17) is 0 Å². The minimum absolute atomic E-state index is 0.0176. The topological polar surface area (TPSA) is 17.1 Å². The fourth-order valence-corrected chi connectivity index (χ4v) is 3.72. The van der Waals surface area contributed by atoms with E-state index in [1.165, 1.54) is 5.56 Å². The summed E-state index contributed by atoms with van der Waals surface area (Å²) in [5.74, 6) is 0.129. The maximum atomic E-state index is 13.4. The van der Waals surface area contributed by atoms with Crippen LogP contribution in [0.25, 0.3) is 5.57 Å². The lowest BCUT2D eigenvalue weighted by Gasteiger charge is -2.35. The van der Waals surface area contributed by atoms with E-state index >= 15 is 0 Å². The molecule has 0 saturated carbocycles. The van der Waals surface area contributed by atoms with E-state index in [0.717, 1.165) is 33.4 Å². The fraction of sp³-hybridized carbons (Fsp3) is 0.348. The second-order valence-electron chi connectivity index (χ2n) is 8.76. The number of benzene rings is 2. The molecule has 0 fully saturated rings. The molecule has 0 aliphatic heterocycles. The van der Waals surface area contributed by atoms with Crippen LogP contribution in [0.1, 0.15) is 79.7 Å². The molecule has 24 heavy (non-hydrogen) atoms. The summed E-state index contributed by atoms with van der Waals surface area (Å²) >= 11 is 0. The molecule has 124 valence electrons. The van der Waals surface area contributed by atoms with Gasteiger partial charge in [-0.05, 0) is 38.7 Å². The van der Waals surface area contributed by atoms with Crippen molar-refractivity contribution in [2.24, 2.45) is 0 Å². The monoisotopic (exact) mass is 318 g/mol. The summed E-state index contributed by atoms with van der Waals surface area (Å²) in [6.07, 6.45) is 0. The minimum atomic E-state index is -0.115. The van der Waals surface area contributed by atoms with Gasteiger partial charge in [-0.15, -0.1) is 0 Å². The normalized spacial score (nSPS) is 14.4. The smallest absolute Gasteiger partial charge is 0.194 e. The van der Waals surface area contributed by atoms with E-state index in [1.54, 1.807) is 0 Å². The molecule has 0 N–H and O–H groups in total. The zero-order chi connectivity index (χ0) is 17.9. The van der Waals surface area contributed by atoms with Crippen LogP contribution in [0.2, 0.25) is 0 Å². The summed E-state index contributed by atoms with van der Waals surface area (Å²) in [5.41, 5.74) is 6.78. The zero-order valence-electron chi connectivity index (χ0n) is 15.6. The number of rotatable bonds is 0. The van der Waals surface area contributed by atoms with Crippen molar-refractivity contribution >= 4 is 11.4 Å². The number of fused-ring (bicyclic) bond motifs is 2. The van der Waals surface area contributed by atoms with Crippen molar-refractivity contribution in [2.45, 2.75) is 52.4 Å². The summed E-state index contributed by atoms with van der Waals surface area (Å²) in [4.78, 5) is 13.4. The lowest BCUT2D eigenvalue weighted by molar-refractivity contribution is 0.103. The van der Waals surface area contributed by atoms with Crippen LogP contribution in [0.15, 0.2) is 43.0 Å². The van der Waals surface area contributed by atoms with Crippen LogP contribution in [-0.2, 0) is 10.8 Å². The highest BCUT2D eigenvalue weighted by atomic mass is 16.1. The molecule has 2 aromatic rings. The largest absolute Gasteiger partial charge is 0.289 e. The fourth-order valence-electron chi connectivity index (χ4n) is 3.72. The Bertz CT molecular complexity index is 855. The summed E-state index contributed by atoms with van der Waals surface area (Å²) in [7, 11) is 0. The number of hydrogen-bond donors (Lipinski definition) is 0. The third kappa shape index (κ3) is 2.43. The van der Waals surface area contributed by atoms with Crippen LogP contribution in [0.3, 0.4) is 0 Å². The molecule has 0 unspecified atom stereocenters. The van der Waals surface area contributed by atoms with Gasteiger partial charge in [0.1, 0.15) is 0 Å². The first-order valence-corrected chi connectivity index (χ1v) is 8.55. The first kappa shape index (κ1) is 16.7. The van der Waals surface area contributed by atoms with E-state index in [2.05, 4.69) is 60.3 Å². The molecular formula is C23H26O. The molecular weight excluding hydrogens is 292 g/mol. The quantitative estimate of drug-likeness (QED) is 0.505. The second kappa shape index (κ2) is 5.17. The Morgan fingerprint density at radius 2 is 1.33 bits per heavy atom. The van der Waals surface area contributed by atoms with Gasteiger partial charge in [-0.25, -0.2) is 0 Å². The summed E-state index contributed by atoms with van der Waals surface area (Å²) in [6.45, 7) is 17.5. The van der Waals surface area contributed by atoms with Crippen molar-refractivity contribution in [1.29, 1.82) is 0 Å². The summed E-state index contributed by atoms with van der Waals surface area (Å²) in [6, 6.07) is 12.1. The number of ketones is 1. The zero-order valence-corrected chi connectivity index (χ0v) is 15.6. The molecule has 1 heteroatoms. The van der Waals surface area contributed by atoms with Gasteiger partial charge in [-0.1, -0.05) is 84.5 Å². The average molecular weight is 318 g/mol. The van der Waals surface area contributed by atoms with Crippen LogP contribution in [0.5, 0.6) is 0 Å². The summed E-state index contributed by atoms with van der Waals surface area (Å²) in [5, 5.41) is 0. The van der Waals surface area contributed by atoms with Gasteiger partial charge in [0.25, 0.3) is 0 Å². The molecule has 3 rings (SSSR count). The Morgan fingerprint density at radius 1 is 0.750 bits per heavy atom. The summed E-state index contributed by atoms with van der Waals surface area (Å²) < 4.78 is 0. The van der Waals surface area contributed by atoms with E-state index < -0.39 is 0 Å². The van der Waals surface area contributed by atoms with Crippen LogP contribution < -0.4 is 0 Å². The van der Waals surface area contributed by atoms with E-state index in [-0.39, 0.29) is 16.6 Å². The molecule has 1 aliphatic rings. The molecule has 0 spiro atoms. The molecule has 1 aliphatic carbocycles. The predicted octanol–water partition coefficient (Wildman–Crippen LogP) is 5.89. The van der Waals surface area contributed by atoms with Crippen molar-refractivity contribution in [3.05, 3.63) is 76.4 Å². The lowest BCUT2D eigenvalue weighted by Crippen LogP contribution is -2.28. The van der Waals surface area contributed by atoms with Gasteiger partial charge < -0.3 is 0 Å². The Balaban J connectivity index is 2.42. The van der Waals surface area contributed by atoms with Crippen molar-refractivity contribution in [3.63, 3.8) is 0 Å². The first-order valence-electron chi connectivity index (χ1n) is 8.55. The number of carbonyl (C=O) groups excluding carboxylic acids is 1. The number of carbonyl (C=O) groups is 1. The van der Waals surface area contributed by atoms with Crippen LogP contribution >= 0.6 is 0 Å². The molecule has 0 heterocycles. The van der Waals surface area contributed by atoms with Gasteiger partial charge in [0.2, 0.25) is 0 Å². The standard InChI is InChI=1S/C23H26O/c1-14-15-10-8-9-11-17(15)21(24)19-16(14)12-13-18(22(2,3)4)20(19)23(5,6)7/h8-13H,1H2,2-7H3. The van der Waals surface area contributed by atoms with Gasteiger partial charge in [-0.3, -0.25) is 4.79 Å². The first-order chi connectivity index (χ1) is 11.0. The lowest BCUT2D eigenvalue weighted by atomic mass is 9.68. The van der Waals surface area contributed by atoms with Gasteiger partial charge in [0, 0.05) is 11.1 Å². The van der Waals surface area contributed by atoms with E-state index in [1.807, 2.05) is 24.3 Å². The highest BCUT2D eigenvalue weighted by molar-refractivity contribution is 6.19. The van der Waals surface area contributed by atoms with Crippen LogP contribution in [0, 0.1) is 0 Å². The van der Waals surface area contributed by atoms with Gasteiger partial charge in [-0.2, -0.15) is 0 Å². The Kier molecular flexibility index (Phi) is 3.60. The van der Waals surface area contributed by atoms with E-state index in [9.17, 15) is 4.79 Å². The Labute approximate surface area is 145 Å². The van der Waals surface area contributed by atoms with Crippen molar-refractivity contribution in [2.75, 3.05) is 0 Å². The molecule has 0 atom stereocenters. The molecule has 0 bridgehead atoms. The minimum Gasteiger partial charge on any atom is -0.289 e. The Morgan fingerprint density at radius 3 is 1.88 bits per heavy atom. The molecule has 0 saturated heterocycles. The van der Waals surface area contributed by atoms with Gasteiger partial charge >= 0.3 is 0 Å². The second-order valence-corrected chi connectivity index (χ2v) is 8.76. The average Bonchev–Trinajstić information content (AvgIpc) is 2.49. The van der Waals surface area contributed by atoms with Crippen LogP contribution in [0.4, 0.5) is 0 Å². The molecule has 2 aromatic carbocycles. The maximum absolute atomic E-state index is 13.4. The van der Waals surface area contributed by atoms with Crippen molar-refractivity contribution < 1.29 is 4.79 Å². The SMILES string of the molecule is C=C1c2ccccc2C(=O)c2c1ccc(C(C)(C)C)c2C(C)(C)C. The van der Waals surface area contributed by atoms with Crippen molar-refractivity contribution in [3.8, 4) is 0 Å². The maximum Gasteiger partial charge on any atom is 0.194 e. The molecule has 0 aromatic heterocycles.